The Balaban J connectivity index is 1.76. The van der Waals surface area contributed by atoms with E-state index in [-0.39, 0.29) is 24.3 Å². The predicted octanol–water partition coefficient (Wildman–Crippen LogP) is 2.47. The molecule has 1 atom stereocenters. The van der Waals surface area contributed by atoms with Crippen LogP contribution >= 0.6 is 0 Å². The number of pyridine rings is 1. The molecule has 2 rings (SSSR count). The molecule has 0 aromatic carbocycles. The number of unbranched alkanes of at least 4 members (excludes halogenated alkanes) is 2. The highest BCUT2D eigenvalue weighted by Crippen LogP contribution is 2.18. The summed E-state index contributed by atoms with van der Waals surface area (Å²) in [6.07, 6.45) is 6.51. The van der Waals surface area contributed by atoms with Crippen LogP contribution in [0.25, 0.3) is 0 Å². The molecule has 2 amide bonds. The molecular formula is C18H27N3O3. The molecule has 0 saturated carbocycles. The van der Waals surface area contributed by atoms with Crippen molar-refractivity contribution in [3.8, 4) is 0 Å². The Bertz CT molecular complexity index is 522. The fraction of sp³-hybridized carbons (Fsp3) is 0.611. The smallest absolute Gasteiger partial charge is 0.248 e. The summed E-state index contributed by atoms with van der Waals surface area (Å²) < 4.78 is 5.44. The van der Waals surface area contributed by atoms with Crippen LogP contribution in [0.5, 0.6) is 0 Å². The number of carbonyl (C=O) groups is 2. The minimum atomic E-state index is -0.190. The molecule has 1 aliphatic heterocycles. The summed E-state index contributed by atoms with van der Waals surface area (Å²) in [5.74, 6) is 0.256. The standard InChI is InChI=1S/C18H27N3O3/c1-2-3-6-12-24-14-17(22)21-11-7-8-15(13-21)18(23)20-16-9-4-5-10-19-16/h4-5,9-10,15H,2-3,6-8,11-14H2,1H3,(H,19,20,23)/t15-/m0/s1. The monoisotopic (exact) mass is 333 g/mol. The van der Waals surface area contributed by atoms with Gasteiger partial charge in [0.2, 0.25) is 11.8 Å². The first-order valence-electron chi connectivity index (χ1n) is 8.78. The van der Waals surface area contributed by atoms with E-state index in [1.807, 2.05) is 6.07 Å². The maximum absolute atomic E-state index is 12.3. The first-order chi connectivity index (χ1) is 11.7. The number of hydrogen-bond acceptors (Lipinski definition) is 4. The minimum Gasteiger partial charge on any atom is -0.372 e. The fourth-order valence-corrected chi connectivity index (χ4v) is 2.79. The van der Waals surface area contributed by atoms with Crippen LogP contribution in [0, 0.1) is 5.92 Å². The molecule has 0 aliphatic carbocycles. The van der Waals surface area contributed by atoms with Crippen LogP contribution in [0.3, 0.4) is 0 Å². The first-order valence-corrected chi connectivity index (χ1v) is 8.78. The number of rotatable bonds is 8. The molecule has 1 aromatic heterocycles. The summed E-state index contributed by atoms with van der Waals surface area (Å²) in [4.78, 5) is 30.4. The number of piperidine rings is 1. The van der Waals surface area contributed by atoms with Crippen LogP contribution in [0.1, 0.15) is 39.0 Å². The number of likely N-dealkylation sites (tertiary alicyclic amines) is 1. The number of amides is 2. The third-order valence-corrected chi connectivity index (χ3v) is 4.18. The van der Waals surface area contributed by atoms with Gasteiger partial charge >= 0.3 is 0 Å². The van der Waals surface area contributed by atoms with Crippen LogP contribution in [-0.2, 0) is 14.3 Å². The largest absolute Gasteiger partial charge is 0.372 e. The highest BCUT2D eigenvalue weighted by Gasteiger charge is 2.28. The van der Waals surface area contributed by atoms with Gasteiger partial charge in [-0.15, -0.1) is 0 Å². The van der Waals surface area contributed by atoms with Gasteiger partial charge in [0.15, 0.2) is 0 Å². The van der Waals surface area contributed by atoms with E-state index in [2.05, 4.69) is 17.2 Å². The van der Waals surface area contributed by atoms with Crippen LogP contribution in [0.4, 0.5) is 5.82 Å². The molecule has 24 heavy (non-hydrogen) atoms. The second-order valence-electron chi connectivity index (χ2n) is 6.14. The first kappa shape index (κ1) is 18.4. The lowest BCUT2D eigenvalue weighted by molar-refractivity contribution is -0.139. The van der Waals surface area contributed by atoms with Gasteiger partial charge < -0.3 is 15.0 Å². The molecule has 0 radical (unpaired) electrons. The van der Waals surface area contributed by atoms with Crippen molar-refractivity contribution in [3.05, 3.63) is 24.4 Å². The zero-order chi connectivity index (χ0) is 17.2. The van der Waals surface area contributed by atoms with Crippen molar-refractivity contribution >= 4 is 17.6 Å². The molecule has 1 aliphatic rings. The van der Waals surface area contributed by atoms with Gasteiger partial charge in [-0.3, -0.25) is 9.59 Å². The third-order valence-electron chi connectivity index (χ3n) is 4.18. The second-order valence-corrected chi connectivity index (χ2v) is 6.14. The number of aromatic nitrogens is 1. The molecule has 132 valence electrons. The predicted molar refractivity (Wildman–Crippen MR) is 92.5 cm³/mol. The van der Waals surface area contributed by atoms with Crippen LogP contribution in [0.2, 0.25) is 0 Å². The van der Waals surface area contributed by atoms with Crippen LogP contribution in [0.15, 0.2) is 24.4 Å². The van der Waals surface area contributed by atoms with Gasteiger partial charge in [-0.25, -0.2) is 4.98 Å². The molecule has 0 unspecified atom stereocenters. The van der Waals surface area contributed by atoms with Crippen molar-refractivity contribution in [3.63, 3.8) is 0 Å². The van der Waals surface area contributed by atoms with Crippen molar-refractivity contribution in [1.82, 2.24) is 9.88 Å². The number of nitrogens with zero attached hydrogens (tertiary/aromatic N) is 2. The Hall–Kier alpha value is -1.95. The molecule has 0 bridgehead atoms. The number of anilines is 1. The normalized spacial score (nSPS) is 17.5. The highest BCUT2D eigenvalue weighted by atomic mass is 16.5. The average Bonchev–Trinajstić information content (AvgIpc) is 2.62. The summed E-state index contributed by atoms with van der Waals surface area (Å²) in [5, 5.41) is 2.82. The topological polar surface area (TPSA) is 71.5 Å². The number of carbonyl (C=O) groups excluding carboxylic acids is 2. The Morgan fingerprint density at radius 3 is 3.00 bits per heavy atom. The third kappa shape index (κ3) is 5.92. The molecule has 1 N–H and O–H groups in total. The van der Waals surface area contributed by atoms with Crippen molar-refractivity contribution in [1.29, 1.82) is 0 Å². The Morgan fingerprint density at radius 1 is 1.38 bits per heavy atom. The van der Waals surface area contributed by atoms with E-state index >= 15 is 0 Å². The number of ether oxygens (including phenoxy) is 1. The maximum atomic E-state index is 12.3. The van der Waals surface area contributed by atoms with Crippen LogP contribution < -0.4 is 5.32 Å². The lowest BCUT2D eigenvalue weighted by Gasteiger charge is -2.32. The van der Waals surface area contributed by atoms with E-state index in [0.29, 0.717) is 25.5 Å². The summed E-state index contributed by atoms with van der Waals surface area (Å²) in [6, 6.07) is 5.39. The van der Waals surface area contributed by atoms with Crippen molar-refractivity contribution in [2.75, 3.05) is 31.6 Å². The lowest BCUT2D eigenvalue weighted by Crippen LogP contribution is -2.45. The van der Waals surface area contributed by atoms with Crippen molar-refractivity contribution in [2.45, 2.75) is 39.0 Å². The number of hydrogen-bond donors (Lipinski definition) is 1. The van der Waals surface area contributed by atoms with Gasteiger partial charge in [0, 0.05) is 25.9 Å². The van der Waals surface area contributed by atoms with Crippen molar-refractivity contribution < 1.29 is 14.3 Å². The zero-order valence-electron chi connectivity index (χ0n) is 14.4. The highest BCUT2D eigenvalue weighted by molar-refractivity contribution is 5.92. The molecule has 1 aromatic rings. The molecule has 1 saturated heterocycles. The summed E-state index contributed by atoms with van der Waals surface area (Å²) >= 11 is 0. The van der Waals surface area contributed by atoms with E-state index in [4.69, 9.17) is 4.74 Å². The average molecular weight is 333 g/mol. The van der Waals surface area contributed by atoms with Gasteiger partial charge in [0.25, 0.3) is 0 Å². The van der Waals surface area contributed by atoms with Crippen LogP contribution in [-0.4, -0.2) is 48.0 Å². The van der Waals surface area contributed by atoms with Gasteiger partial charge in [-0.1, -0.05) is 25.8 Å². The van der Waals surface area contributed by atoms with Gasteiger partial charge in [0.1, 0.15) is 12.4 Å². The molecular weight excluding hydrogens is 306 g/mol. The van der Waals surface area contributed by atoms with E-state index in [9.17, 15) is 9.59 Å². The number of nitrogens with one attached hydrogen (secondary N) is 1. The van der Waals surface area contributed by atoms with E-state index < -0.39 is 0 Å². The van der Waals surface area contributed by atoms with Crippen molar-refractivity contribution in [2.24, 2.45) is 5.92 Å². The maximum Gasteiger partial charge on any atom is 0.248 e. The fourth-order valence-electron chi connectivity index (χ4n) is 2.79. The molecule has 6 heteroatoms. The van der Waals surface area contributed by atoms with E-state index in [0.717, 1.165) is 32.1 Å². The summed E-state index contributed by atoms with van der Waals surface area (Å²) in [5.41, 5.74) is 0. The van der Waals surface area contributed by atoms with E-state index in [1.165, 1.54) is 0 Å². The molecule has 2 heterocycles. The second kappa shape index (κ2) is 10.0. The van der Waals surface area contributed by atoms with Gasteiger partial charge in [-0.05, 0) is 31.4 Å². The van der Waals surface area contributed by atoms with Gasteiger partial charge in [-0.2, -0.15) is 0 Å². The molecule has 6 nitrogen and oxygen atoms in total. The summed E-state index contributed by atoms with van der Waals surface area (Å²) in [6.45, 7) is 4.02. The molecule has 0 spiro atoms. The minimum absolute atomic E-state index is 0.0261. The Morgan fingerprint density at radius 2 is 2.25 bits per heavy atom. The Labute approximate surface area is 143 Å². The quantitative estimate of drug-likeness (QED) is 0.742. The lowest BCUT2D eigenvalue weighted by atomic mass is 9.97. The SMILES string of the molecule is CCCCCOCC(=O)N1CCC[C@H](C(=O)Nc2ccccn2)C1. The Kier molecular flexibility index (Phi) is 7.68. The zero-order valence-corrected chi connectivity index (χ0v) is 14.4. The molecule has 1 fully saturated rings. The van der Waals surface area contributed by atoms with E-state index in [1.54, 1.807) is 23.2 Å². The van der Waals surface area contributed by atoms with Gasteiger partial charge in [0.05, 0.1) is 5.92 Å². The summed E-state index contributed by atoms with van der Waals surface area (Å²) in [7, 11) is 0.